The molecule has 0 spiro atoms. The molecule has 0 atom stereocenters. The lowest BCUT2D eigenvalue weighted by molar-refractivity contribution is 0.297. The molecule has 0 saturated heterocycles. The molecule has 2 aliphatic rings. The molecular formula is C15H20N2O2S. The fourth-order valence-corrected chi connectivity index (χ4v) is 2.95. The lowest BCUT2D eigenvalue weighted by Gasteiger charge is -2.16. The molecule has 1 fully saturated rings. The standard InChI is InChI=1S/C15H20N2O2S/c20-15(16-11-4-1-2-5-11)17-12-6-7-13-14(10-12)19-9-3-8-18-13/h6-7,10-11H,1-5,8-9H2,(H2,16,17,20). The highest BCUT2D eigenvalue weighted by Crippen LogP contribution is 2.32. The molecule has 0 amide bonds. The van der Waals surface area contributed by atoms with Gasteiger partial charge in [0.05, 0.1) is 13.2 Å². The largest absolute Gasteiger partial charge is 0.490 e. The molecule has 0 unspecified atom stereocenters. The van der Waals surface area contributed by atoms with Crippen LogP contribution in [0.25, 0.3) is 0 Å². The summed E-state index contributed by atoms with van der Waals surface area (Å²) in [7, 11) is 0. The Morgan fingerprint density at radius 1 is 1.05 bits per heavy atom. The van der Waals surface area contributed by atoms with E-state index in [-0.39, 0.29) is 0 Å². The van der Waals surface area contributed by atoms with Crippen molar-refractivity contribution in [1.29, 1.82) is 0 Å². The second-order valence-corrected chi connectivity index (χ2v) is 5.70. The van der Waals surface area contributed by atoms with Gasteiger partial charge >= 0.3 is 0 Å². The molecule has 0 radical (unpaired) electrons. The second-order valence-electron chi connectivity index (χ2n) is 5.29. The number of rotatable bonds is 2. The molecule has 3 rings (SSSR count). The fraction of sp³-hybridized carbons (Fsp3) is 0.533. The molecule has 1 aromatic carbocycles. The maximum Gasteiger partial charge on any atom is 0.170 e. The maximum atomic E-state index is 5.68. The molecule has 1 aliphatic heterocycles. The normalized spacial score (nSPS) is 18.4. The Kier molecular flexibility index (Phi) is 4.25. The van der Waals surface area contributed by atoms with Crippen molar-refractivity contribution in [2.75, 3.05) is 18.5 Å². The summed E-state index contributed by atoms with van der Waals surface area (Å²) in [6.07, 6.45) is 5.93. The summed E-state index contributed by atoms with van der Waals surface area (Å²) in [5.41, 5.74) is 0.935. The smallest absolute Gasteiger partial charge is 0.170 e. The van der Waals surface area contributed by atoms with Crippen LogP contribution in [-0.4, -0.2) is 24.4 Å². The summed E-state index contributed by atoms with van der Waals surface area (Å²) in [6, 6.07) is 6.37. The van der Waals surface area contributed by atoms with Crippen LogP contribution in [-0.2, 0) is 0 Å². The molecule has 2 N–H and O–H groups in total. The molecule has 1 aromatic rings. The Bertz CT molecular complexity index is 487. The van der Waals surface area contributed by atoms with Crippen LogP contribution in [0.5, 0.6) is 11.5 Å². The average molecular weight is 292 g/mol. The van der Waals surface area contributed by atoms with Crippen molar-refractivity contribution in [2.45, 2.75) is 38.1 Å². The van der Waals surface area contributed by atoms with Crippen LogP contribution >= 0.6 is 12.2 Å². The van der Waals surface area contributed by atoms with Crippen LogP contribution < -0.4 is 20.1 Å². The maximum absolute atomic E-state index is 5.68. The second kappa shape index (κ2) is 6.31. The first-order valence-corrected chi connectivity index (χ1v) is 7.69. The first-order chi connectivity index (χ1) is 9.81. The van der Waals surface area contributed by atoms with E-state index < -0.39 is 0 Å². The van der Waals surface area contributed by atoms with Crippen molar-refractivity contribution in [3.63, 3.8) is 0 Å². The number of thiocarbonyl (C=S) groups is 1. The van der Waals surface area contributed by atoms with Crippen LogP contribution in [0, 0.1) is 0 Å². The van der Waals surface area contributed by atoms with Gasteiger partial charge in [-0.15, -0.1) is 0 Å². The molecule has 1 heterocycles. The summed E-state index contributed by atoms with van der Waals surface area (Å²) in [4.78, 5) is 0. The van der Waals surface area contributed by atoms with Gasteiger partial charge in [-0.2, -0.15) is 0 Å². The SMILES string of the molecule is S=C(Nc1ccc2c(c1)OCCCO2)NC1CCCC1. The third-order valence-electron chi connectivity index (χ3n) is 3.70. The molecule has 0 bridgehead atoms. The van der Waals surface area contributed by atoms with E-state index in [0.29, 0.717) is 24.4 Å². The molecule has 0 aromatic heterocycles. The highest BCUT2D eigenvalue weighted by atomic mass is 32.1. The first kappa shape index (κ1) is 13.5. The zero-order valence-electron chi connectivity index (χ0n) is 11.5. The minimum absolute atomic E-state index is 0.524. The Labute approximate surface area is 124 Å². The number of hydrogen-bond donors (Lipinski definition) is 2. The van der Waals surface area contributed by atoms with E-state index in [1.165, 1.54) is 25.7 Å². The number of ether oxygens (including phenoxy) is 2. The molecular weight excluding hydrogens is 272 g/mol. The van der Waals surface area contributed by atoms with Crippen LogP contribution in [0.15, 0.2) is 18.2 Å². The number of benzene rings is 1. The summed E-state index contributed by atoms with van der Waals surface area (Å²) in [5, 5.41) is 7.28. The van der Waals surface area contributed by atoms with E-state index >= 15 is 0 Å². The van der Waals surface area contributed by atoms with Crippen molar-refractivity contribution in [3.8, 4) is 11.5 Å². The summed E-state index contributed by atoms with van der Waals surface area (Å²) in [5.74, 6) is 1.60. The molecule has 4 nitrogen and oxygen atoms in total. The van der Waals surface area contributed by atoms with Crippen molar-refractivity contribution in [2.24, 2.45) is 0 Å². The van der Waals surface area contributed by atoms with Crippen LogP contribution in [0.3, 0.4) is 0 Å². The van der Waals surface area contributed by atoms with Gasteiger partial charge in [-0.3, -0.25) is 0 Å². The third-order valence-corrected chi connectivity index (χ3v) is 3.92. The minimum Gasteiger partial charge on any atom is -0.490 e. The number of nitrogens with one attached hydrogen (secondary N) is 2. The van der Waals surface area contributed by atoms with Crippen molar-refractivity contribution in [3.05, 3.63) is 18.2 Å². The number of anilines is 1. The van der Waals surface area contributed by atoms with Gasteiger partial charge in [0.15, 0.2) is 16.6 Å². The zero-order valence-corrected chi connectivity index (χ0v) is 12.3. The predicted molar refractivity (Wildman–Crippen MR) is 83.7 cm³/mol. The Morgan fingerprint density at radius 3 is 2.60 bits per heavy atom. The topological polar surface area (TPSA) is 42.5 Å². The van der Waals surface area contributed by atoms with Gasteiger partial charge in [-0.05, 0) is 37.2 Å². The Balaban J connectivity index is 1.62. The quantitative estimate of drug-likeness (QED) is 0.820. The molecule has 20 heavy (non-hydrogen) atoms. The third kappa shape index (κ3) is 3.33. The van der Waals surface area contributed by atoms with Crippen molar-refractivity contribution in [1.82, 2.24) is 5.32 Å². The highest BCUT2D eigenvalue weighted by molar-refractivity contribution is 7.80. The average Bonchev–Trinajstić information content (AvgIpc) is 2.82. The van der Waals surface area contributed by atoms with Gasteiger partial charge in [-0.1, -0.05) is 12.8 Å². The first-order valence-electron chi connectivity index (χ1n) is 7.28. The van der Waals surface area contributed by atoms with E-state index in [9.17, 15) is 0 Å². The van der Waals surface area contributed by atoms with Gasteiger partial charge in [-0.25, -0.2) is 0 Å². The monoisotopic (exact) mass is 292 g/mol. The lowest BCUT2D eigenvalue weighted by Crippen LogP contribution is -2.35. The van der Waals surface area contributed by atoms with Crippen LogP contribution in [0.4, 0.5) is 5.69 Å². The summed E-state index contributed by atoms with van der Waals surface area (Å²) >= 11 is 5.36. The number of hydrogen-bond acceptors (Lipinski definition) is 3. The minimum atomic E-state index is 0.524. The van der Waals surface area contributed by atoms with Crippen LogP contribution in [0.1, 0.15) is 32.1 Å². The summed E-state index contributed by atoms with van der Waals surface area (Å²) in [6.45, 7) is 1.41. The lowest BCUT2D eigenvalue weighted by atomic mass is 10.2. The molecule has 1 aliphatic carbocycles. The van der Waals surface area contributed by atoms with Crippen LogP contribution in [0.2, 0.25) is 0 Å². The predicted octanol–water partition coefficient (Wildman–Crippen LogP) is 3.08. The molecule has 1 saturated carbocycles. The van der Waals surface area contributed by atoms with Gasteiger partial charge in [0, 0.05) is 24.2 Å². The number of fused-ring (bicyclic) bond motifs is 1. The molecule has 108 valence electrons. The van der Waals surface area contributed by atoms with Gasteiger partial charge in [0.2, 0.25) is 0 Å². The van der Waals surface area contributed by atoms with Crippen molar-refractivity contribution < 1.29 is 9.47 Å². The Morgan fingerprint density at radius 2 is 1.80 bits per heavy atom. The van der Waals surface area contributed by atoms with E-state index in [1.54, 1.807) is 0 Å². The zero-order chi connectivity index (χ0) is 13.8. The Hall–Kier alpha value is -1.49. The van der Waals surface area contributed by atoms with Crippen molar-refractivity contribution >= 4 is 23.0 Å². The summed E-state index contributed by atoms with van der Waals surface area (Å²) < 4.78 is 11.3. The van der Waals surface area contributed by atoms with E-state index in [2.05, 4.69) is 10.6 Å². The molecule has 5 heteroatoms. The highest BCUT2D eigenvalue weighted by Gasteiger charge is 2.16. The fourth-order valence-electron chi connectivity index (χ4n) is 2.66. The van der Waals surface area contributed by atoms with Gasteiger partial charge < -0.3 is 20.1 Å². The van der Waals surface area contributed by atoms with Gasteiger partial charge in [0.1, 0.15) is 0 Å². The van der Waals surface area contributed by atoms with E-state index in [4.69, 9.17) is 21.7 Å². The van der Waals surface area contributed by atoms with Gasteiger partial charge in [0.25, 0.3) is 0 Å². The van der Waals surface area contributed by atoms with E-state index in [1.807, 2.05) is 18.2 Å². The van der Waals surface area contributed by atoms with E-state index in [0.717, 1.165) is 23.6 Å².